The molecule has 29 heavy (non-hydrogen) atoms. The second kappa shape index (κ2) is 9.66. The minimum Gasteiger partial charge on any atom is -0.467 e. The summed E-state index contributed by atoms with van der Waals surface area (Å²) < 4.78 is 5.20. The maximum atomic E-state index is 12.3. The lowest BCUT2D eigenvalue weighted by molar-refractivity contribution is -0.119. The first-order chi connectivity index (χ1) is 14.0. The Balaban J connectivity index is 1.53. The Kier molecular flexibility index (Phi) is 6.76. The zero-order valence-corrected chi connectivity index (χ0v) is 16.7. The molecule has 0 saturated heterocycles. The molecule has 0 atom stereocenters. The number of amides is 2. The molecular weight excluding hydrogens is 386 g/mol. The highest BCUT2D eigenvalue weighted by atomic mass is 32.1. The summed E-state index contributed by atoms with van der Waals surface area (Å²) in [6, 6.07) is 18.1. The zero-order valence-electron chi connectivity index (χ0n) is 15.9. The average Bonchev–Trinajstić information content (AvgIpc) is 3.21. The standard InChI is InChI=1S/C22H21N3O3S/c1-15-6-2-3-7-16(15)13-20(26)25-22(29)24-18-9-4-8-17(12-18)21(27)23-14-19-10-5-11-28-19/h2-12H,13-14H2,1H3,(H,23,27)(H2,24,25,26,29). The highest BCUT2D eigenvalue weighted by molar-refractivity contribution is 7.80. The molecule has 0 bridgehead atoms. The molecule has 2 aromatic carbocycles. The van der Waals surface area contributed by atoms with E-state index in [4.69, 9.17) is 16.6 Å². The molecule has 0 aliphatic rings. The fourth-order valence-corrected chi connectivity index (χ4v) is 2.97. The number of thiocarbonyl (C=S) groups is 1. The Morgan fingerprint density at radius 2 is 1.86 bits per heavy atom. The van der Waals surface area contributed by atoms with E-state index in [1.165, 1.54) is 0 Å². The molecule has 2 amide bonds. The van der Waals surface area contributed by atoms with Gasteiger partial charge in [0, 0.05) is 11.3 Å². The van der Waals surface area contributed by atoms with Gasteiger partial charge in [-0.2, -0.15) is 0 Å². The monoisotopic (exact) mass is 407 g/mol. The molecule has 0 fully saturated rings. The van der Waals surface area contributed by atoms with Gasteiger partial charge in [-0.05, 0) is 60.6 Å². The van der Waals surface area contributed by atoms with Crippen LogP contribution in [-0.2, 0) is 17.8 Å². The van der Waals surface area contributed by atoms with Crippen LogP contribution in [0.5, 0.6) is 0 Å². The summed E-state index contributed by atoms with van der Waals surface area (Å²) in [5.74, 6) is 0.230. The van der Waals surface area contributed by atoms with Crippen LogP contribution in [0.25, 0.3) is 0 Å². The summed E-state index contributed by atoms with van der Waals surface area (Å²) in [5, 5.41) is 8.57. The molecule has 0 saturated carbocycles. The first kappa shape index (κ1) is 20.3. The SMILES string of the molecule is Cc1ccccc1CC(=O)NC(=S)Nc1cccc(C(=O)NCc2ccco2)c1. The highest BCUT2D eigenvalue weighted by Crippen LogP contribution is 2.12. The van der Waals surface area contributed by atoms with E-state index < -0.39 is 0 Å². The summed E-state index contributed by atoms with van der Waals surface area (Å²) in [5.41, 5.74) is 3.07. The Labute approximate surface area is 174 Å². The van der Waals surface area contributed by atoms with Gasteiger partial charge in [-0.25, -0.2) is 0 Å². The van der Waals surface area contributed by atoms with Gasteiger partial charge in [0.2, 0.25) is 5.91 Å². The van der Waals surface area contributed by atoms with Crippen LogP contribution in [0.4, 0.5) is 5.69 Å². The fourth-order valence-electron chi connectivity index (χ4n) is 2.74. The second-order valence-electron chi connectivity index (χ2n) is 6.45. The molecule has 148 valence electrons. The van der Waals surface area contributed by atoms with Crippen molar-refractivity contribution in [3.05, 3.63) is 89.4 Å². The van der Waals surface area contributed by atoms with Crippen molar-refractivity contribution >= 4 is 34.8 Å². The molecule has 0 aliphatic carbocycles. The minimum atomic E-state index is -0.237. The Morgan fingerprint density at radius 1 is 1.03 bits per heavy atom. The number of rotatable bonds is 6. The molecule has 7 heteroatoms. The number of benzene rings is 2. The molecule has 3 N–H and O–H groups in total. The number of carbonyl (C=O) groups is 2. The molecule has 1 aromatic heterocycles. The van der Waals surface area contributed by atoms with Crippen molar-refractivity contribution in [2.45, 2.75) is 19.9 Å². The molecule has 0 spiro atoms. The number of hydrogen-bond acceptors (Lipinski definition) is 4. The fraction of sp³-hybridized carbons (Fsp3) is 0.136. The van der Waals surface area contributed by atoms with E-state index in [0.717, 1.165) is 11.1 Å². The van der Waals surface area contributed by atoms with Crippen molar-refractivity contribution in [2.75, 3.05) is 5.32 Å². The van der Waals surface area contributed by atoms with Crippen molar-refractivity contribution in [1.29, 1.82) is 0 Å². The lowest BCUT2D eigenvalue weighted by Gasteiger charge is -2.11. The first-order valence-corrected chi connectivity index (χ1v) is 9.48. The van der Waals surface area contributed by atoms with Gasteiger partial charge in [-0.1, -0.05) is 30.3 Å². The molecule has 1 heterocycles. The number of hydrogen-bond donors (Lipinski definition) is 3. The zero-order chi connectivity index (χ0) is 20.6. The van der Waals surface area contributed by atoms with E-state index in [0.29, 0.717) is 23.6 Å². The van der Waals surface area contributed by atoms with Crippen LogP contribution in [0.2, 0.25) is 0 Å². The topological polar surface area (TPSA) is 83.4 Å². The number of anilines is 1. The van der Waals surface area contributed by atoms with E-state index in [-0.39, 0.29) is 23.3 Å². The Morgan fingerprint density at radius 3 is 2.62 bits per heavy atom. The summed E-state index contributed by atoms with van der Waals surface area (Å²) in [7, 11) is 0. The lowest BCUT2D eigenvalue weighted by Crippen LogP contribution is -2.35. The number of nitrogens with one attached hydrogen (secondary N) is 3. The molecule has 0 radical (unpaired) electrons. The second-order valence-corrected chi connectivity index (χ2v) is 6.86. The third-order valence-corrected chi connectivity index (χ3v) is 4.46. The summed E-state index contributed by atoms with van der Waals surface area (Å²) in [6.07, 6.45) is 1.80. The minimum absolute atomic E-state index is 0.178. The highest BCUT2D eigenvalue weighted by Gasteiger charge is 2.10. The van der Waals surface area contributed by atoms with Gasteiger partial charge < -0.3 is 20.4 Å². The van der Waals surface area contributed by atoms with Gasteiger partial charge in [0.15, 0.2) is 5.11 Å². The smallest absolute Gasteiger partial charge is 0.251 e. The summed E-state index contributed by atoms with van der Waals surface area (Å²) >= 11 is 5.22. The van der Waals surface area contributed by atoms with E-state index >= 15 is 0 Å². The third kappa shape index (κ3) is 6.02. The summed E-state index contributed by atoms with van der Waals surface area (Å²) in [6.45, 7) is 2.26. The Bertz CT molecular complexity index is 1020. The van der Waals surface area contributed by atoms with Gasteiger partial charge in [0.05, 0.1) is 19.2 Å². The molecule has 0 unspecified atom stereocenters. The number of carbonyl (C=O) groups excluding carboxylic acids is 2. The van der Waals surface area contributed by atoms with Crippen LogP contribution in [0.3, 0.4) is 0 Å². The quantitative estimate of drug-likeness (QED) is 0.544. The first-order valence-electron chi connectivity index (χ1n) is 9.07. The average molecular weight is 407 g/mol. The van der Waals surface area contributed by atoms with Gasteiger partial charge >= 0.3 is 0 Å². The van der Waals surface area contributed by atoms with Gasteiger partial charge in [0.25, 0.3) is 5.91 Å². The van der Waals surface area contributed by atoms with E-state index in [1.54, 1.807) is 42.7 Å². The van der Waals surface area contributed by atoms with Crippen LogP contribution in [-0.4, -0.2) is 16.9 Å². The van der Waals surface area contributed by atoms with Crippen molar-refractivity contribution in [3.63, 3.8) is 0 Å². The van der Waals surface area contributed by atoms with Crippen LogP contribution < -0.4 is 16.0 Å². The predicted molar refractivity (Wildman–Crippen MR) is 116 cm³/mol. The largest absolute Gasteiger partial charge is 0.467 e. The number of furan rings is 1. The van der Waals surface area contributed by atoms with Crippen LogP contribution in [0, 0.1) is 6.92 Å². The van der Waals surface area contributed by atoms with E-state index in [2.05, 4.69) is 16.0 Å². The van der Waals surface area contributed by atoms with Crippen LogP contribution >= 0.6 is 12.2 Å². The molecular formula is C22H21N3O3S. The van der Waals surface area contributed by atoms with Crippen molar-refractivity contribution in [3.8, 4) is 0 Å². The predicted octanol–water partition coefficient (Wildman–Crippen LogP) is 3.57. The van der Waals surface area contributed by atoms with Crippen LogP contribution in [0.15, 0.2) is 71.3 Å². The molecule has 3 rings (SSSR count). The summed E-state index contributed by atoms with van der Waals surface area (Å²) in [4.78, 5) is 24.5. The molecule has 3 aromatic rings. The van der Waals surface area contributed by atoms with E-state index in [9.17, 15) is 9.59 Å². The maximum Gasteiger partial charge on any atom is 0.251 e. The molecule has 0 aliphatic heterocycles. The van der Waals surface area contributed by atoms with Crippen molar-refractivity contribution < 1.29 is 14.0 Å². The molecule has 6 nitrogen and oxygen atoms in total. The van der Waals surface area contributed by atoms with E-state index in [1.807, 2.05) is 31.2 Å². The van der Waals surface area contributed by atoms with Gasteiger partial charge in [-0.15, -0.1) is 0 Å². The van der Waals surface area contributed by atoms with Gasteiger partial charge in [-0.3, -0.25) is 9.59 Å². The third-order valence-electron chi connectivity index (χ3n) is 4.25. The normalized spacial score (nSPS) is 10.2. The Hall–Kier alpha value is -3.45. The number of aryl methyl sites for hydroxylation is 1. The maximum absolute atomic E-state index is 12.3. The van der Waals surface area contributed by atoms with Crippen LogP contribution in [0.1, 0.15) is 27.2 Å². The van der Waals surface area contributed by atoms with Gasteiger partial charge in [0.1, 0.15) is 5.76 Å². The van der Waals surface area contributed by atoms with Crippen molar-refractivity contribution in [2.24, 2.45) is 0 Å². The lowest BCUT2D eigenvalue weighted by atomic mass is 10.1. The van der Waals surface area contributed by atoms with Crippen molar-refractivity contribution in [1.82, 2.24) is 10.6 Å².